The van der Waals surface area contributed by atoms with Gasteiger partial charge in [0.1, 0.15) is 28.3 Å². The zero-order valence-electron chi connectivity index (χ0n) is 17.6. The van der Waals surface area contributed by atoms with Crippen molar-refractivity contribution in [2.75, 3.05) is 12.8 Å². The number of carbonyl (C=O) groups is 1. The number of carbonyl (C=O) groups excluding carboxylic acids is 1. The number of oxazole rings is 2. The van der Waals surface area contributed by atoms with Gasteiger partial charge in [0.15, 0.2) is 0 Å². The van der Waals surface area contributed by atoms with Crippen LogP contribution in [0.2, 0.25) is 10.0 Å². The average molecular weight is 520 g/mol. The van der Waals surface area contributed by atoms with Crippen LogP contribution in [0.5, 0.6) is 0 Å². The maximum absolute atomic E-state index is 15.0. The number of anilines is 1. The predicted molar refractivity (Wildman–Crippen MR) is 122 cm³/mol. The molecule has 178 valence electrons. The summed E-state index contributed by atoms with van der Waals surface area (Å²) in [5.74, 6) is -3.89. The topological polar surface area (TPSA) is 113 Å². The number of benzene rings is 2. The molecule has 0 amide bonds. The van der Waals surface area contributed by atoms with Gasteiger partial charge in [0, 0.05) is 16.1 Å². The number of hydrogen-bond donors (Lipinski definition) is 1. The van der Waals surface area contributed by atoms with Crippen molar-refractivity contribution < 1.29 is 27.1 Å². The summed E-state index contributed by atoms with van der Waals surface area (Å²) in [5, 5.41) is -0.277. The first kappa shape index (κ1) is 22.9. The van der Waals surface area contributed by atoms with Crippen molar-refractivity contribution in [2.45, 2.75) is 5.92 Å². The van der Waals surface area contributed by atoms with E-state index in [2.05, 4.69) is 4.98 Å². The van der Waals surface area contributed by atoms with Gasteiger partial charge in [-0.1, -0.05) is 35.3 Å². The molecule has 2 aromatic carbocycles. The van der Waals surface area contributed by atoms with Gasteiger partial charge in [-0.3, -0.25) is 0 Å². The molecule has 5 rings (SSSR count). The van der Waals surface area contributed by atoms with Crippen molar-refractivity contribution >= 4 is 46.8 Å². The quantitative estimate of drug-likeness (QED) is 0.414. The molecule has 0 radical (unpaired) electrons. The summed E-state index contributed by atoms with van der Waals surface area (Å²) in [6.07, 6.45) is 1.13. The fourth-order valence-electron chi connectivity index (χ4n) is 4.00. The number of ether oxygens (including phenoxy) is 1. The molecule has 0 saturated heterocycles. The lowest BCUT2D eigenvalue weighted by Crippen LogP contribution is -2.37. The van der Waals surface area contributed by atoms with E-state index in [0.29, 0.717) is 0 Å². The van der Waals surface area contributed by atoms with Crippen LogP contribution in [0.15, 0.2) is 50.0 Å². The number of halogens is 4. The first-order valence-electron chi connectivity index (χ1n) is 9.93. The largest absolute Gasteiger partial charge is 0.465 e. The van der Waals surface area contributed by atoms with Gasteiger partial charge in [-0.05, 0) is 30.3 Å². The molecular weight excluding hydrogens is 507 g/mol. The highest BCUT2D eigenvalue weighted by Crippen LogP contribution is 2.42. The Balaban J connectivity index is 1.98. The lowest BCUT2D eigenvalue weighted by atomic mass is 9.86. The number of esters is 1. The molecule has 0 unspecified atom stereocenters. The van der Waals surface area contributed by atoms with E-state index in [1.54, 1.807) is 0 Å². The highest BCUT2D eigenvalue weighted by atomic mass is 35.5. The van der Waals surface area contributed by atoms with Crippen LogP contribution in [0.3, 0.4) is 0 Å². The van der Waals surface area contributed by atoms with Crippen molar-refractivity contribution in [2.24, 2.45) is 0 Å². The zero-order chi connectivity index (χ0) is 25.0. The Morgan fingerprint density at radius 3 is 2.49 bits per heavy atom. The number of methoxy groups -OCH3 is 1. The Morgan fingerprint density at radius 1 is 1.14 bits per heavy atom. The molecule has 3 heterocycles. The molecule has 1 aliphatic rings. The van der Waals surface area contributed by atoms with Gasteiger partial charge in [-0.2, -0.15) is 4.98 Å². The molecule has 2 N–H and O–H groups in total. The molecule has 0 aliphatic carbocycles. The fourth-order valence-corrected chi connectivity index (χ4v) is 4.49. The molecule has 35 heavy (non-hydrogen) atoms. The first-order chi connectivity index (χ1) is 16.7. The smallest absolute Gasteiger partial charge is 0.362 e. The fraction of sp³-hybridized carbons (Fsp3) is 0.0870. The number of fused-ring (bicyclic) bond motifs is 3. The zero-order valence-corrected chi connectivity index (χ0v) is 19.2. The average Bonchev–Trinajstić information content (AvgIpc) is 3.34. The van der Waals surface area contributed by atoms with Gasteiger partial charge < -0.3 is 19.3 Å². The van der Waals surface area contributed by atoms with Gasteiger partial charge >= 0.3 is 11.6 Å². The second-order valence-electron chi connectivity index (χ2n) is 7.41. The highest BCUT2D eigenvalue weighted by molar-refractivity contribution is 6.32. The van der Waals surface area contributed by atoms with Crippen LogP contribution < -0.4 is 22.3 Å². The lowest BCUT2D eigenvalue weighted by Gasteiger charge is -2.22. The SMILES string of the molecule is COC(=O)C1=c2oc(=O)/c(=C\c3c(F)cccc3Cl)n2-c2oc(N)nc2[C@H]1c1c(F)cccc1Cl. The number of nitrogens with two attached hydrogens (primary N) is 1. The van der Waals surface area contributed by atoms with Crippen LogP contribution in [0.4, 0.5) is 14.8 Å². The molecule has 0 bridgehead atoms. The third-order valence-corrected chi connectivity index (χ3v) is 6.12. The monoisotopic (exact) mass is 519 g/mol. The van der Waals surface area contributed by atoms with Crippen LogP contribution in [-0.4, -0.2) is 22.6 Å². The standard InChI is InChI=1S/C23H13Cl2F2N3O5/c1-33-22(32)17-16(15-11(25)5-3-7-13(15)27)18-20(35-23(28)29-18)30-14(21(31)34-19(17)30)8-9-10(24)4-2-6-12(9)26/h2-8,16H,1H3,(H2,28,29)/b14-8+/t16-/m0/s1. The molecule has 4 aromatic rings. The van der Waals surface area contributed by atoms with Crippen LogP contribution >= 0.6 is 23.2 Å². The Bertz CT molecular complexity index is 1670. The van der Waals surface area contributed by atoms with Crippen LogP contribution in [0, 0.1) is 11.6 Å². The van der Waals surface area contributed by atoms with Gasteiger partial charge in [0.25, 0.3) is 6.01 Å². The van der Waals surface area contributed by atoms with Crippen molar-refractivity contribution in [3.05, 3.63) is 96.2 Å². The number of nitrogens with zero attached hydrogens (tertiary/aromatic N) is 2. The predicted octanol–water partition coefficient (Wildman–Crippen LogP) is 2.88. The maximum atomic E-state index is 15.0. The molecule has 8 nitrogen and oxygen atoms in total. The van der Waals surface area contributed by atoms with Crippen LogP contribution in [0.25, 0.3) is 17.5 Å². The summed E-state index contributed by atoms with van der Waals surface area (Å²) >= 11 is 12.4. The van der Waals surface area contributed by atoms with Crippen molar-refractivity contribution in [1.29, 1.82) is 0 Å². The minimum Gasteiger partial charge on any atom is -0.465 e. The van der Waals surface area contributed by atoms with Crippen LogP contribution in [0.1, 0.15) is 22.7 Å². The summed E-state index contributed by atoms with van der Waals surface area (Å²) in [6.45, 7) is 0. The molecule has 1 atom stereocenters. The highest BCUT2D eigenvalue weighted by Gasteiger charge is 2.41. The van der Waals surface area contributed by atoms with Crippen LogP contribution in [-0.2, 0) is 9.53 Å². The van der Waals surface area contributed by atoms with E-state index in [1.165, 1.54) is 24.3 Å². The number of hydrogen-bond acceptors (Lipinski definition) is 7. The van der Waals surface area contributed by atoms with Gasteiger partial charge in [0.05, 0.1) is 18.1 Å². The summed E-state index contributed by atoms with van der Waals surface area (Å²) in [6, 6.07) is 7.57. The van der Waals surface area contributed by atoms with E-state index in [0.717, 1.165) is 29.9 Å². The van der Waals surface area contributed by atoms with E-state index in [1.807, 2.05) is 0 Å². The van der Waals surface area contributed by atoms with Gasteiger partial charge in [0.2, 0.25) is 11.4 Å². The Labute approximate surface area is 204 Å². The molecule has 1 aliphatic heterocycles. The normalized spacial score (nSPS) is 15.2. The van der Waals surface area contributed by atoms with E-state index in [-0.39, 0.29) is 55.2 Å². The maximum Gasteiger partial charge on any atom is 0.362 e. The molecule has 12 heteroatoms. The molecule has 0 fully saturated rings. The Morgan fingerprint density at radius 2 is 1.83 bits per heavy atom. The number of rotatable bonds is 3. The van der Waals surface area contributed by atoms with Gasteiger partial charge in [-0.25, -0.2) is 22.9 Å². The Hall–Kier alpha value is -3.89. The number of nitrogen functional groups attached to an aromatic ring is 1. The molecule has 0 saturated carbocycles. The molecule has 0 spiro atoms. The first-order valence-corrected chi connectivity index (χ1v) is 10.7. The summed E-state index contributed by atoms with van der Waals surface area (Å²) in [7, 11) is 1.10. The summed E-state index contributed by atoms with van der Waals surface area (Å²) in [4.78, 5) is 30.0. The minimum absolute atomic E-state index is 0.0150. The minimum atomic E-state index is -1.30. The van der Waals surface area contributed by atoms with Crippen molar-refractivity contribution in [3.8, 4) is 5.88 Å². The van der Waals surface area contributed by atoms with E-state index < -0.39 is 29.1 Å². The lowest BCUT2D eigenvalue weighted by molar-refractivity contribution is -0.134. The third kappa shape index (κ3) is 3.53. The van der Waals surface area contributed by atoms with E-state index in [9.17, 15) is 14.0 Å². The van der Waals surface area contributed by atoms with Gasteiger partial charge in [-0.15, -0.1) is 0 Å². The summed E-state index contributed by atoms with van der Waals surface area (Å²) in [5.41, 5.74) is 3.89. The van der Waals surface area contributed by atoms with Crippen molar-refractivity contribution in [3.63, 3.8) is 0 Å². The third-order valence-electron chi connectivity index (χ3n) is 5.46. The van der Waals surface area contributed by atoms with E-state index in [4.69, 9.17) is 42.5 Å². The molecule has 2 aromatic heterocycles. The second kappa shape index (κ2) is 8.40. The second-order valence-corrected chi connectivity index (χ2v) is 8.23. The summed E-state index contributed by atoms with van der Waals surface area (Å²) < 4.78 is 46.4. The molecular formula is C23H13Cl2F2N3O5. The van der Waals surface area contributed by atoms with Crippen molar-refractivity contribution in [1.82, 2.24) is 9.55 Å². The van der Waals surface area contributed by atoms with E-state index >= 15 is 4.39 Å². The Kier molecular flexibility index (Phi) is 5.49. The number of aromatic nitrogens is 2.